The molecule has 2 aromatic rings. The van der Waals surface area contributed by atoms with Crippen LogP contribution in [0.3, 0.4) is 0 Å². The van der Waals surface area contributed by atoms with Gasteiger partial charge in [0, 0.05) is 56.9 Å². The van der Waals surface area contributed by atoms with Crippen LogP contribution in [0.15, 0.2) is 18.2 Å². The summed E-state index contributed by atoms with van der Waals surface area (Å²) in [7, 11) is 3.24. The number of carbonyl (C=O) groups is 2. The fourth-order valence-electron chi connectivity index (χ4n) is 4.64. The fourth-order valence-corrected chi connectivity index (χ4v) is 4.64. The van der Waals surface area contributed by atoms with Gasteiger partial charge >= 0.3 is 0 Å². The number of ether oxygens (including phenoxy) is 1. The number of halogens is 1. The van der Waals surface area contributed by atoms with E-state index in [2.05, 4.69) is 10.6 Å². The number of nitrogens with one attached hydrogen (secondary N) is 2. The van der Waals surface area contributed by atoms with E-state index in [1.165, 1.54) is 6.07 Å². The number of amides is 2. The fraction of sp³-hybridized carbons (Fsp3) is 0.583. The van der Waals surface area contributed by atoms with Crippen molar-refractivity contribution in [3.8, 4) is 5.75 Å². The molecule has 2 amide bonds. The van der Waals surface area contributed by atoms with Gasteiger partial charge in [0.25, 0.3) is 11.8 Å². The van der Waals surface area contributed by atoms with E-state index >= 15 is 0 Å². The number of aromatic hydroxyl groups is 1. The van der Waals surface area contributed by atoms with Gasteiger partial charge in [0.2, 0.25) is 0 Å². The number of nitrogens with zero attached hydrogens (tertiary/aromatic N) is 2. The van der Waals surface area contributed by atoms with Crippen molar-refractivity contribution in [2.75, 3.05) is 33.9 Å². The van der Waals surface area contributed by atoms with Crippen molar-refractivity contribution in [1.29, 1.82) is 0 Å². The van der Waals surface area contributed by atoms with Gasteiger partial charge in [0.05, 0.1) is 5.52 Å². The smallest absolute Gasteiger partial charge is 0.271 e. The van der Waals surface area contributed by atoms with Crippen LogP contribution in [0, 0.1) is 0 Å². The van der Waals surface area contributed by atoms with Gasteiger partial charge in [-0.15, -0.1) is 12.4 Å². The first-order valence-electron chi connectivity index (χ1n) is 11.5. The third-order valence-electron chi connectivity index (χ3n) is 6.16. The monoisotopic (exact) mass is 480 g/mol. The molecular weight excluding hydrogens is 444 g/mol. The van der Waals surface area contributed by atoms with Gasteiger partial charge in [-0.25, -0.2) is 0 Å². The second kappa shape index (κ2) is 12.3. The number of rotatable bonds is 9. The lowest BCUT2D eigenvalue weighted by molar-refractivity contribution is 0.0562. The average molecular weight is 481 g/mol. The number of methoxy groups -OCH3 is 1. The molecule has 0 aliphatic carbocycles. The number of hydrogen-bond donors (Lipinski definition) is 3. The van der Waals surface area contributed by atoms with E-state index in [1.807, 2.05) is 23.3 Å². The van der Waals surface area contributed by atoms with Crippen LogP contribution in [0.25, 0.3) is 10.9 Å². The lowest BCUT2D eigenvalue weighted by Gasteiger charge is -2.37. The molecule has 0 spiro atoms. The predicted molar refractivity (Wildman–Crippen MR) is 133 cm³/mol. The van der Waals surface area contributed by atoms with Crippen LogP contribution in [-0.2, 0) is 11.3 Å². The summed E-state index contributed by atoms with van der Waals surface area (Å²) in [5.41, 5.74) is 1.47. The molecular formula is C24H37ClN4O4. The molecule has 1 aromatic heterocycles. The topological polar surface area (TPSA) is 95.8 Å². The minimum Gasteiger partial charge on any atom is -0.506 e. The molecule has 1 aliphatic rings. The normalized spacial score (nSPS) is 16.0. The summed E-state index contributed by atoms with van der Waals surface area (Å²) < 4.78 is 7.05. The van der Waals surface area contributed by atoms with E-state index in [-0.39, 0.29) is 42.1 Å². The van der Waals surface area contributed by atoms with Gasteiger partial charge in [-0.3, -0.25) is 9.59 Å². The maximum Gasteiger partial charge on any atom is 0.271 e. The number of phenolic OH excluding ortho intramolecular Hbond substituents is 1. The number of aryl methyl sites for hydroxylation is 1. The summed E-state index contributed by atoms with van der Waals surface area (Å²) in [6, 6.07) is 5.04. The Morgan fingerprint density at radius 3 is 2.70 bits per heavy atom. The molecule has 3 rings (SSSR count). The lowest BCUT2D eigenvalue weighted by Crippen LogP contribution is -2.52. The molecule has 8 nitrogen and oxygen atoms in total. The number of aromatic nitrogens is 1. The Morgan fingerprint density at radius 1 is 1.33 bits per heavy atom. The van der Waals surface area contributed by atoms with Crippen molar-refractivity contribution in [3.05, 3.63) is 29.5 Å². The SMILES string of the molecule is CNC(=O)c1ccc(O)c2c1cc(C(=O)N(C(C)C)[C@@H]1CCCNC1)n2CCCCOC.Cl. The molecule has 2 heterocycles. The summed E-state index contributed by atoms with van der Waals surface area (Å²) in [6.07, 6.45) is 3.61. The van der Waals surface area contributed by atoms with E-state index in [0.29, 0.717) is 35.3 Å². The van der Waals surface area contributed by atoms with Gasteiger partial charge < -0.3 is 29.9 Å². The van der Waals surface area contributed by atoms with Crippen LogP contribution in [-0.4, -0.2) is 72.3 Å². The minimum absolute atomic E-state index is 0. The molecule has 3 N–H and O–H groups in total. The van der Waals surface area contributed by atoms with Crippen LogP contribution in [0.1, 0.15) is 60.4 Å². The molecule has 9 heteroatoms. The Morgan fingerprint density at radius 2 is 2.09 bits per heavy atom. The van der Waals surface area contributed by atoms with E-state index < -0.39 is 0 Å². The zero-order valence-electron chi connectivity index (χ0n) is 20.0. The summed E-state index contributed by atoms with van der Waals surface area (Å²) >= 11 is 0. The van der Waals surface area contributed by atoms with E-state index in [9.17, 15) is 14.7 Å². The number of carbonyl (C=O) groups excluding carboxylic acids is 2. The maximum absolute atomic E-state index is 13.9. The number of phenols is 1. The van der Waals surface area contributed by atoms with E-state index in [1.54, 1.807) is 26.3 Å². The van der Waals surface area contributed by atoms with Crippen molar-refractivity contribution in [1.82, 2.24) is 20.1 Å². The van der Waals surface area contributed by atoms with Crippen molar-refractivity contribution in [3.63, 3.8) is 0 Å². The van der Waals surface area contributed by atoms with E-state index in [4.69, 9.17) is 4.74 Å². The van der Waals surface area contributed by atoms with E-state index in [0.717, 1.165) is 38.8 Å². The summed E-state index contributed by atoms with van der Waals surface area (Å²) in [5.74, 6) is -0.254. The molecule has 0 radical (unpaired) electrons. The Bertz CT molecular complexity index is 954. The summed E-state index contributed by atoms with van der Waals surface area (Å²) in [4.78, 5) is 28.3. The van der Waals surface area contributed by atoms with Gasteiger partial charge in [0.15, 0.2) is 0 Å². The Balaban J connectivity index is 0.00000385. The third kappa shape index (κ3) is 5.80. The number of piperidine rings is 1. The number of hydrogen-bond acceptors (Lipinski definition) is 5. The highest BCUT2D eigenvalue weighted by atomic mass is 35.5. The second-order valence-electron chi connectivity index (χ2n) is 8.66. The highest BCUT2D eigenvalue weighted by Crippen LogP contribution is 2.33. The highest BCUT2D eigenvalue weighted by Gasteiger charge is 2.31. The largest absolute Gasteiger partial charge is 0.506 e. The van der Waals surface area contributed by atoms with Gasteiger partial charge in [-0.2, -0.15) is 0 Å². The summed E-state index contributed by atoms with van der Waals surface area (Å²) in [6.45, 7) is 6.99. The lowest BCUT2D eigenvalue weighted by atomic mass is 10.0. The predicted octanol–water partition coefficient (Wildman–Crippen LogP) is 3.16. The maximum atomic E-state index is 13.9. The molecule has 1 atom stereocenters. The van der Waals surface area contributed by atoms with Gasteiger partial charge in [-0.1, -0.05) is 0 Å². The average Bonchev–Trinajstić information content (AvgIpc) is 3.17. The Kier molecular flexibility index (Phi) is 10.0. The second-order valence-corrected chi connectivity index (χ2v) is 8.66. The molecule has 1 aliphatic heterocycles. The van der Waals surface area contributed by atoms with Gasteiger partial charge in [0.1, 0.15) is 11.4 Å². The van der Waals surface area contributed by atoms with Crippen molar-refractivity contribution in [2.24, 2.45) is 0 Å². The summed E-state index contributed by atoms with van der Waals surface area (Å²) in [5, 5.41) is 17.4. The molecule has 1 fully saturated rings. The van der Waals surface area contributed by atoms with Crippen LogP contribution >= 0.6 is 12.4 Å². The molecule has 0 unspecified atom stereocenters. The molecule has 33 heavy (non-hydrogen) atoms. The Hall–Kier alpha value is -2.29. The zero-order chi connectivity index (χ0) is 23.3. The highest BCUT2D eigenvalue weighted by molar-refractivity contribution is 6.10. The quantitative estimate of drug-likeness (QED) is 0.479. The van der Waals surface area contributed by atoms with Crippen LogP contribution in [0.5, 0.6) is 5.75 Å². The molecule has 1 aromatic carbocycles. The number of benzene rings is 1. The standard InChI is InChI=1S/C24H36N4O4.ClH/c1-16(2)28(17-8-7-11-26-15-17)24(31)20-14-19-18(23(30)25-3)9-10-21(29)22(19)27(20)12-5-6-13-32-4;/h9-10,14,16-17,26,29H,5-8,11-13,15H2,1-4H3,(H,25,30);1H/t17-;/m1./s1. The first-order valence-corrected chi connectivity index (χ1v) is 11.5. The van der Waals surface area contributed by atoms with Crippen LogP contribution < -0.4 is 10.6 Å². The van der Waals surface area contributed by atoms with Crippen LogP contribution in [0.4, 0.5) is 0 Å². The molecule has 184 valence electrons. The minimum atomic E-state index is -0.247. The van der Waals surface area contributed by atoms with Gasteiger partial charge in [-0.05, 0) is 64.3 Å². The van der Waals surface area contributed by atoms with Crippen molar-refractivity contribution >= 4 is 35.1 Å². The zero-order valence-corrected chi connectivity index (χ0v) is 20.8. The van der Waals surface area contributed by atoms with Crippen molar-refractivity contribution < 1.29 is 19.4 Å². The third-order valence-corrected chi connectivity index (χ3v) is 6.16. The molecule has 1 saturated heterocycles. The number of unbranched alkanes of at least 4 members (excludes halogenated alkanes) is 1. The van der Waals surface area contributed by atoms with Crippen molar-refractivity contribution in [2.45, 2.75) is 58.2 Å². The molecule has 0 saturated carbocycles. The Labute approximate surface area is 202 Å². The van der Waals surface area contributed by atoms with Crippen LogP contribution in [0.2, 0.25) is 0 Å². The number of fused-ring (bicyclic) bond motifs is 1. The first kappa shape index (κ1) is 27.0. The first-order chi connectivity index (χ1) is 15.4. The molecule has 0 bridgehead atoms.